The lowest BCUT2D eigenvalue weighted by molar-refractivity contribution is 0.800. The first-order valence-electron chi connectivity index (χ1n) is 7.90. The van der Waals surface area contributed by atoms with Crippen LogP contribution in [0.4, 0.5) is 0 Å². The topological polar surface area (TPSA) is 17.8 Å². The Kier molecular flexibility index (Phi) is 4.69. The van der Waals surface area contributed by atoms with Gasteiger partial charge in [0.15, 0.2) is 0 Å². The van der Waals surface area contributed by atoms with E-state index in [-0.39, 0.29) is 0 Å². The summed E-state index contributed by atoms with van der Waals surface area (Å²) in [5.41, 5.74) is 3.92. The molecule has 0 N–H and O–H groups in total. The molecule has 0 atom stereocenters. The third-order valence-corrected chi connectivity index (χ3v) is 3.97. The summed E-state index contributed by atoms with van der Waals surface area (Å²) >= 11 is 0. The quantitative estimate of drug-likeness (QED) is 0.665. The van der Waals surface area contributed by atoms with Gasteiger partial charge in [-0.3, -0.25) is 0 Å². The van der Waals surface area contributed by atoms with Crippen molar-refractivity contribution in [1.29, 1.82) is 0 Å². The van der Waals surface area contributed by atoms with Gasteiger partial charge in [0.1, 0.15) is 5.82 Å². The standard InChI is InChI=1S/C20H22N2/c1-22-16-19(14-8-13-17-9-4-2-5-10-17)21-20(22)15-18-11-6-3-7-12-18/h2-7,9-12,16H,8,13-15H2,1H3. The average Bonchev–Trinajstić information content (AvgIpc) is 2.89. The Morgan fingerprint density at radius 1 is 0.818 bits per heavy atom. The third-order valence-electron chi connectivity index (χ3n) is 3.97. The summed E-state index contributed by atoms with van der Waals surface area (Å²) < 4.78 is 2.16. The van der Waals surface area contributed by atoms with Crippen LogP contribution >= 0.6 is 0 Å². The zero-order valence-electron chi connectivity index (χ0n) is 13.1. The molecule has 0 saturated carbocycles. The maximum absolute atomic E-state index is 4.80. The molecular weight excluding hydrogens is 268 g/mol. The number of rotatable bonds is 6. The minimum Gasteiger partial charge on any atom is -0.337 e. The van der Waals surface area contributed by atoms with Crippen molar-refractivity contribution in [2.45, 2.75) is 25.7 Å². The smallest absolute Gasteiger partial charge is 0.113 e. The van der Waals surface area contributed by atoms with E-state index in [1.54, 1.807) is 0 Å². The van der Waals surface area contributed by atoms with Crippen LogP contribution in [0.15, 0.2) is 66.9 Å². The summed E-state index contributed by atoms with van der Waals surface area (Å²) in [4.78, 5) is 4.80. The van der Waals surface area contributed by atoms with Gasteiger partial charge in [-0.05, 0) is 30.4 Å². The molecule has 1 heterocycles. The zero-order chi connectivity index (χ0) is 15.2. The maximum Gasteiger partial charge on any atom is 0.113 e. The van der Waals surface area contributed by atoms with Crippen LogP contribution in [0, 0.1) is 0 Å². The van der Waals surface area contributed by atoms with Crippen LogP contribution in [0.2, 0.25) is 0 Å². The SMILES string of the molecule is Cn1cc(CCCc2ccccc2)nc1Cc1ccccc1. The second-order valence-corrected chi connectivity index (χ2v) is 5.76. The van der Waals surface area contributed by atoms with Crippen molar-refractivity contribution < 1.29 is 0 Å². The van der Waals surface area contributed by atoms with Crippen molar-refractivity contribution in [3.05, 3.63) is 89.5 Å². The lowest BCUT2D eigenvalue weighted by atomic mass is 10.1. The van der Waals surface area contributed by atoms with Crippen LogP contribution < -0.4 is 0 Å². The molecule has 0 radical (unpaired) electrons. The van der Waals surface area contributed by atoms with E-state index in [1.165, 1.54) is 16.8 Å². The molecule has 0 saturated heterocycles. The largest absolute Gasteiger partial charge is 0.337 e. The van der Waals surface area contributed by atoms with Gasteiger partial charge in [0.05, 0.1) is 5.69 Å². The van der Waals surface area contributed by atoms with E-state index in [4.69, 9.17) is 4.98 Å². The van der Waals surface area contributed by atoms with E-state index in [1.807, 2.05) is 0 Å². The second kappa shape index (κ2) is 7.08. The highest BCUT2D eigenvalue weighted by molar-refractivity contribution is 5.20. The molecule has 112 valence electrons. The summed E-state index contributed by atoms with van der Waals surface area (Å²) in [6, 6.07) is 21.2. The van der Waals surface area contributed by atoms with Crippen molar-refractivity contribution in [2.75, 3.05) is 0 Å². The lowest BCUT2D eigenvalue weighted by Crippen LogP contribution is -1.98. The molecule has 0 aliphatic rings. The molecule has 0 amide bonds. The molecule has 0 unspecified atom stereocenters. The molecule has 2 heteroatoms. The fourth-order valence-corrected chi connectivity index (χ4v) is 2.75. The van der Waals surface area contributed by atoms with Crippen molar-refractivity contribution in [1.82, 2.24) is 9.55 Å². The Hall–Kier alpha value is -2.35. The van der Waals surface area contributed by atoms with Gasteiger partial charge in [-0.2, -0.15) is 0 Å². The van der Waals surface area contributed by atoms with E-state index in [0.29, 0.717) is 0 Å². The van der Waals surface area contributed by atoms with Crippen LogP contribution in [0.3, 0.4) is 0 Å². The molecule has 0 bridgehead atoms. The van der Waals surface area contributed by atoms with Crippen LogP contribution in [0.5, 0.6) is 0 Å². The highest BCUT2D eigenvalue weighted by Gasteiger charge is 2.06. The maximum atomic E-state index is 4.80. The van der Waals surface area contributed by atoms with Gasteiger partial charge in [0.25, 0.3) is 0 Å². The third kappa shape index (κ3) is 3.85. The monoisotopic (exact) mass is 290 g/mol. The molecule has 2 nitrogen and oxygen atoms in total. The molecule has 1 aromatic heterocycles. The minimum atomic E-state index is 0.899. The Balaban J connectivity index is 1.58. The zero-order valence-corrected chi connectivity index (χ0v) is 13.1. The van der Waals surface area contributed by atoms with Crippen LogP contribution in [0.1, 0.15) is 29.1 Å². The number of hydrogen-bond donors (Lipinski definition) is 0. The first-order chi connectivity index (χ1) is 10.8. The number of aromatic nitrogens is 2. The van der Waals surface area contributed by atoms with Crippen LogP contribution in [0.25, 0.3) is 0 Å². The van der Waals surface area contributed by atoms with E-state index in [2.05, 4.69) is 78.5 Å². The number of nitrogens with zero attached hydrogens (tertiary/aromatic N) is 2. The molecule has 2 aromatic carbocycles. The molecule has 22 heavy (non-hydrogen) atoms. The number of hydrogen-bond acceptors (Lipinski definition) is 1. The van der Waals surface area contributed by atoms with E-state index < -0.39 is 0 Å². The fourth-order valence-electron chi connectivity index (χ4n) is 2.75. The van der Waals surface area contributed by atoms with Gasteiger partial charge in [-0.1, -0.05) is 60.7 Å². The predicted octanol–water partition coefficient (Wildman–Crippen LogP) is 4.19. The second-order valence-electron chi connectivity index (χ2n) is 5.76. The van der Waals surface area contributed by atoms with Crippen molar-refractivity contribution >= 4 is 0 Å². The Labute approximate surface area is 132 Å². The van der Waals surface area contributed by atoms with Gasteiger partial charge in [0, 0.05) is 19.7 Å². The van der Waals surface area contributed by atoms with Crippen molar-refractivity contribution in [3.63, 3.8) is 0 Å². The predicted molar refractivity (Wildman–Crippen MR) is 90.9 cm³/mol. The molecule has 0 aliphatic heterocycles. The van der Waals surface area contributed by atoms with Crippen molar-refractivity contribution in [3.8, 4) is 0 Å². The molecule has 3 aromatic rings. The molecule has 3 rings (SSSR count). The Morgan fingerprint density at radius 2 is 1.45 bits per heavy atom. The van der Waals surface area contributed by atoms with E-state index in [0.717, 1.165) is 31.5 Å². The fraction of sp³-hybridized carbons (Fsp3) is 0.250. The first kappa shape index (κ1) is 14.6. The van der Waals surface area contributed by atoms with E-state index in [9.17, 15) is 0 Å². The summed E-state index contributed by atoms with van der Waals surface area (Å²) in [6.07, 6.45) is 6.37. The normalized spacial score (nSPS) is 10.8. The molecule has 0 fully saturated rings. The molecular formula is C20H22N2. The summed E-state index contributed by atoms with van der Waals surface area (Å²) in [6.45, 7) is 0. The summed E-state index contributed by atoms with van der Waals surface area (Å²) in [7, 11) is 2.09. The lowest BCUT2D eigenvalue weighted by Gasteiger charge is -2.01. The molecule has 0 aliphatic carbocycles. The number of benzene rings is 2. The van der Waals surface area contributed by atoms with Crippen molar-refractivity contribution in [2.24, 2.45) is 7.05 Å². The van der Waals surface area contributed by atoms with E-state index >= 15 is 0 Å². The highest BCUT2D eigenvalue weighted by Crippen LogP contribution is 2.11. The van der Waals surface area contributed by atoms with Gasteiger partial charge >= 0.3 is 0 Å². The highest BCUT2D eigenvalue weighted by atomic mass is 15.0. The van der Waals surface area contributed by atoms with Gasteiger partial charge in [-0.25, -0.2) is 4.98 Å². The Bertz CT molecular complexity index is 699. The summed E-state index contributed by atoms with van der Waals surface area (Å²) in [5.74, 6) is 1.14. The Morgan fingerprint density at radius 3 is 2.14 bits per heavy atom. The summed E-state index contributed by atoms with van der Waals surface area (Å²) in [5, 5.41) is 0. The number of aryl methyl sites for hydroxylation is 3. The van der Waals surface area contributed by atoms with Gasteiger partial charge in [0.2, 0.25) is 0 Å². The molecule has 0 spiro atoms. The average molecular weight is 290 g/mol. The first-order valence-corrected chi connectivity index (χ1v) is 7.90. The van der Waals surface area contributed by atoms with Gasteiger partial charge in [-0.15, -0.1) is 0 Å². The minimum absolute atomic E-state index is 0.899. The number of imidazole rings is 1. The van der Waals surface area contributed by atoms with Crippen LogP contribution in [-0.2, 0) is 26.3 Å². The van der Waals surface area contributed by atoms with Crippen LogP contribution in [-0.4, -0.2) is 9.55 Å². The van der Waals surface area contributed by atoms with Gasteiger partial charge < -0.3 is 4.57 Å².